The predicted molar refractivity (Wildman–Crippen MR) is 66.0 cm³/mol. The van der Waals surface area contributed by atoms with Crippen molar-refractivity contribution < 1.29 is 15.0 Å². The summed E-state index contributed by atoms with van der Waals surface area (Å²) in [7, 11) is 0. The van der Waals surface area contributed by atoms with Crippen LogP contribution in [-0.4, -0.2) is 33.9 Å². The highest BCUT2D eigenvalue weighted by atomic mass is 16.4. The number of hydrogen-bond donors (Lipinski definition) is 2. The Balaban J connectivity index is 1.96. The lowest BCUT2D eigenvalue weighted by atomic mass is 9.91. The lowest BCUT2D eigenvalue weighted by molar-refractivity contribution is -0.150. The van der Waals surface area contributed by atoms with Gasteiger partial charge in [0.1, 0.15) is 12.3 Å². The minimum absolute atomic E-state index is 0.521. The molecule has 2 atom stereocenters. The van der Waals surface area contributed by atoms with E-state index in [9.17, 15) is 15.0 Å². The second kappa shape index (κ2) is 4.37. The smallest absolute Gasteiger partial charge is 0.325 e. The third-order valence-electron chi connectivity index (χ3n) is 3.87. The van der Waals surface area contributed by atoms with E-state index in [2.05, 4.69) is 0 Å². The van der Waals surface area contributed by atoms with Crippen LogP contribution in [0.3, 0.4) is 0 Å². The highest BCUT2D eigenvalue weighted by molar-refractivity contribution is 5.76. The Morgan fingerprint density at radius 2 is 2.06 bits per heavy atom. The third kappa shape index (κ3) is 2.02. The van der Waals surface area contributed by atoms with E-state index >= 15 is 0 Å². The molecule has 0 radical (unpaired) electrons. The zero-order chi connectivity index (χ0) is 12.7. The molecule has 18 heavy (non-hydrogen) atoms. The Kier molecular flexibility index (Phi) is 2.84. The average molecular weight is 247 g/mol. The average Bonchev–Trinajstić information content (AvgIpc) is 3.13. The summed E-state index contributed by atoms with van der Waals surface area (Å²) in [4.78, 5) is 13.3. The van der Waals surface area contributed by atoms with E-state index in [0.29, 0.717) is 18.9 Å². The molecular formula is C14H17NO3. The maximum atomic E-state index is 11.5. The lowest BCUT2D eigenvalue weighted by Gasteiger charge is -2.38. The van der Waals surface area contributed by atoms with E-state index in [1.807, 2.05) is 24.3 Å². The number of aliphatic carboxylic acids is 1. The van der Waals surface area contributed by atoms with Crippen LogP contribution in [-0.2, 0) is 11.2 Å². The van der Waals surface area contributed by atoms with Gasteiger partial charge in [0.25, 0.3) is 0 Å². The molecule has 2 N–H and O–H groups in total. The van der Waals surface area contributed by atoms with Crippen LogP contribution in [0.25, 0.3) is 0 Å². The molecule has 1 fully saturated rings. The van der Waals surface area contributed by atoms with Crippen LogP contribution in [0.1, 0.15) is 30.0 Å². The van der Waals surface area contributed by atoms with Crippen molar-refractivity contribution in [1.82, 2.24) is 4.90 Å². The van der Waals surface area contributed by atoms with Gasteiger partial charge in [-0.2, -0.15) is 0 Å². The highest BCUT2D eigenvalue weighted by Crippen LogP contribution is 2.37. The Labute approximate surface area is 106 Å². The van der Waals surface area contributed by atoms with Crippen molar-refractivity contribution in [1.29, 1.82) is 0 Å². The highest BCUT2D eigenvalue weighted by Gasteiger charge is 2.40. The van der Waals surface area contributed by atoms with Gasteiger partial charge >= 0.3 is 5.97 Å². The normalized spacial score (nSPS) is 27.8. The molecule has 3 rings (SSSR count). The molecule has 1 aliphatic heterocycles. The molecule has 2 aliphatic rings. The van der Waals surface area contributed by atoms with Gasteiger partial charge in [-0.25, -0.2) is 0 Å². The van der Waals surface area contributed by atoms with Crippen molar-refractivity contribution in [3.05, 3.63) is 35.4 Å². The number of benzene rings is 1. The van der Waals surface area contributed by atoms with E-state index in [0.717, 1.165) is 24.0 Å². The summed E-state index contributed by atoms with van der Waals surface area (Å²) >= 11 is 0. The number of aliphatic hydroxyl groups excluding tert-OH is 1. The lowest BCUT2D eigenvalue weighted by Crippen LogP contribution is -2.47. The summed E-state index contributed by atoms with van der Waals surface area (Å²) in [6.07, 6.45) is 2.14. The van der Waals surface area contributed by atoms with Crippen LogP contribution < -0.4 is 0 Å². The molecule has 0 aromatic heterocycles. The summed E-state index contributed by atoms with van der Waals surface area (Å²) in [5.41, 5.74) is 1.78. The topological polar surface area (TPSA) is 60.8 Å². The molecule has 1 heterocycles. The van der Waals surface area contributed by atoms with E-state index in [-0.39, 0.29) is 0 Å². The van der Waals surface area contributed by atoms with Crippen molar-refractivity contribution in [2.75, 3.05) is 6.54 Å². The van der Waals surface area contributed by atoms with E-state index < -0.39 is 18.2 Å². The van der Waals surface area contributed by atoms with Gasteiger partial charge in [-0.1, -0.05) is 24.3 Å². The van der Waals surface area contributed by atoms with Gasteiger partial charge in [-0.05, 0) is 29.9 Å². The van der Waals surface area contributed by atoms with Gasteiger partial charge < -0.3 is 10.2 Å². The summed E-state index contributed by atoms with van der Waals surface area (Å²) in [6.45, 7) is 0.687. The van der Waals surface area contributed by atoms with E-state index in [1.54, 1.807) is 4.90 Å². The van der Waals surface area contributed by atoms with Crippen LogP contribution in [0.15, 0.2) is 24.3 Å². The van der Waals surface area contributed by atoms with Gasteiger partial charge in [0.05, 0.1) is 0 Å². The molecule has 1 aliphatic carbocycles. The Morgan fingerprint density at radius 1 is 1.33 bits per heavy atom. The Bertz CT molecular complexity index is 470. The predicted octanol–water partition coefficient (Wildman–Crippen LogP) is 1.40. The first-order valence-electron chi connectivity index (χ1n) is 6.41. The molecule has 1 saturated carbocycles. The molecule has 96 valence electrons. The molecule has 0 bridgehead atoms. The standard InChI is InChI=1S/C14H17NO3/c16-12-7-10-3-1-2-4-11(10)13(14(17)18)15(12)8-9-5-6-9/h1-4,9,12-13,16H,5-8H2,(H,17,18)/t12?,13-/m0/s1. The second-order valence-corrected chi connectivity index (χ2v) is 5.26. The number of aliphatic hydroxyl groups is 1. The fourth-order valence-corrected chi connectivity index (χ4v) is 2.75. The second-order valence-electron chi connectivity index (χ2n) is 5.26. The molecule has 0 saturated heterocycles. The largest absolute Gasteiger partial charge is 0.480 e. The number of fused-ring (bicyclic) bond motifs is 1. The Morgan fingerprint density at radius 3 is 2.72 bits per heavy atom. The molecular weight excluding hydrogens is 230 g/mol. The first kappa shape index (κ1) is 11.7. The van der Waals surface area contributed by atoms with Crippen LogP contribution in [0.5, 0.6) is 0 Å². The first-order valence-corrected chi connectivity index (χ1v) is 6.41. The Hall–Kier alpha value is -1.39. The molecule has 1 aromatic carbocycles. The summed E-state index contributed by atoms with van der Waals surface area (Å²) in [5.74, 6) is -0.311. The van der Waals surface area contributed by atoms with Gasteiger partial charge in [-0.15, -0.1) is 0 Å². The fourth-order valence-electron chi connectivity index (χ4n) is 2.75. The SMILES string of the molecule is O=C(O)[C@@H]1c2ccccc2CC(O)N1CC1CC1. The molecule has 4 nitrogen and oxygen atoms in total. The maximum absolute atomic E-state index is 11.5. The summed E-state index contributed by atoms with van der Waals surface area (Å²) in [5, 5.41) is 19.6. The third-order valence-corrected chi connectivity index (χ3v) is 3.87. The molecule has 1 aromatic rings. The van der Waals surface area contributed by atoms with Crippen molar-refractivity contribution in [3.8, 4) is 0 Å². The maximum Gasteiger partial charge on any atom is 0.325 e. The number of hydrogen-bond acceptors (Lipinski definition) is 3. The van der Waals surface area contributed by atoms with E-state index in [4.69, 9.17) is 0 Å². The minimum Gasteiger partial charge on any atom is -0.480 e. The van der Waals surface area contributed by atoms with Crippen LogP contribution >= 0.6 is 0 Å². The van der Waals surface area contributed by atoms with Gasteiger partial charge in [0.2, 0.25) is 0 Å². The molecule has 1 unspecified atom stereocenters. The number of carboxylic acid groups (broad SMARTS) is 1. The minimum atomic E-state index is -0.873. The number of rotatable bonds is 3. The summed E-state index contributed by atoms with van der Waals surface area (Å²) < 4.78 is 0. The quantitative estimate of drug-likeness (QED) is 0.847. The van der Waals surface area contributed by atoms with Gasteiger partial charge in [0, 0.05) is 13.0 Å². The van der Waals surface area contributed by atoms with Gasteiger partial charge in [0.15, 0.2) is 0 Å². The van der Waals surface area contributed by atoms with Crippen LogP contribution in [0, 0.1) is 5.92 Å². The van der Waals surface area contributed by atoms with Crippen LogP contribution in [0.4, 0.5) is 0 Å². The number of nitrogens with zero attached hydrogens (tertiary/aromatic N) is 1. The number of carbonyl (C=O) groups is 1. The molecule has 0 amide bonds. The zero-order valence-electron chi connectivity index (χ0n) is 10.1. The van der Waals surface area contributed by atoms with Crippen LogP contribution in [0.2, 0.25) is 0 Å². The molecule has 4 heteroatoms. The van der Waals surface area contributed by atoms with Crippen molar-refractivity contribution in [2.24, 2.45) is 5.92 Å². The number of carboxylic acids is 1. The van der Waals surface area contributed by atoms with Crippen molar-refractivity contribution >= 4 is 5.97 Å². The van der Waals surface area contributed by atoms with E-state index in [1.165, 1.54) is 0 Å². The van der Waals surface area contributed by atoms with Crippen molar-refractivity contribution in [2.45, 2.75) is 31.5 Å². The first-order chi connectivity index (χ1) is 8.66. The van der Waals surface area contributed by atoms with Crippen molar-refractivity contribution in [3.63, 3.8) is 0 Å². The zero-order valence-corrected chi connectivity index (χ0v) is 10.1. The molecule has 0 spiro atoms. The fraction of sp³-hybridized carbons (Fsp3) is 0.500. The monoisotopic (exact) mass is 247 g/mol. The summed E-state index contributed by atoms with van der Waals surface area (Å²) in [6, 6.07) is 6.82. The van der Waals surface area contributed by atoms with Gasteiger partial charge in [-0.3, -0.25) is 9.69 Å².